The van der Waals surface area contributed by atoms with E-state index in [4.69, 9.17) is 14.3 Å². The molecule has 11 nitrogen and oxygen atoms in total. The molecule has 3 heterocycles. The molecule has 0 aliphatic carbocycles. The van der Waals surface area contributed by atoms with Crippen molar-refractivity contribution in [2.45, 2.75) is 52.6 Å². The molecule has 2 aliphatic rings. The molecule has 0 spiro atoms. The van der Waals surface area contributed by atoms with Crippen LogP contribution in [0.15, 0.2) is 60.8 Å². The highest BCUT2D eigenvalue weighted by molar-refractivity contribution is 6.07. The molecular weight excluding hydrogens is 574 g/mol. The number of nitrogens with zero attached hydrogens (tertiary/aromatic N) is 3. The number of hydrogen-bond donors (Lipinski definition) is 2. The van der Waals surface area contributed by atoms with Crippen molar-refractivity contribution in [2.75, 3.05) is 54.9 Å². The number of piperidine rings is 1. The van der Waals surface area contributed by atoms with Gasteiger partial charge in [0.1, 0.15) is 24.5 Å². The Kier molecular flexibility index (Phi) is 9.69. The van der Waals surface area contributed by atoms with Gasteiger partial charge in [0.2, 0.25) is 0 Å². The van der Waals surface area contributed by atoms with Crippen LogP contribution in [0.3, 0.4) is 0 Å². The van der Waals surface area contributed by atoms with Crippen molar-refractivity contribution < 1.29 is 33.3 Å². The number of quaternary nitrogens is 1. The smallest absolute Gasteiger partial charge is 0.411 e. The molecule has 0 saturated carbocycles. The van der Waals surface area contributed by atoms with Gasteiger partial charge in [0.05, 0.1) is 13.2 Å². The molecule has 2 fully saturated rings. The lowest BCUT2D eigenvalue weighted by Gasteiger charge is -2.36. The van der Waals surface area contributed by atoms with Crippen molar-refractivity contribution in [1.82, 2.24) is 4.98 Å². The van der Waals surface area contributed by atoms with Gasteiger partial charge in [0.25, 0.3) is 11.8 Å². The van der Waals surface area contributed by atoms with Crippen LogP contribution in [0.2, 0.25) is 0 Å². The van der Waals surface area contributed by atoms with E-state index in [2.05, 4.69) is 20.5 Å². The van der Waals surface area contributed by atoms with Crippen molar-refractivity contribution in [1.29, 1.82) is 0 Å². The van der Waals surface area contributed by atoms with E-state index in [1.807, 2.05) is 33.8 Å². The third-order valence-electron chi connectivity index (χ3n) is 7.75. The average molecular weight is 617 g/mol. The van der Waals surface area contributed by atoms with Crippen LogP contribution in [0.5, 0.6) is 5.75 Å². The Morgan fingerprint density at radius 2 is 1.56 bits per heavy atom. The highest BCUT2D eigenvalue weighted by Crippen LogP contribution is 2.28. The second-order valence-electron chi connectivity index (χ2n) is 12.4. The molecule has 238 valence electrons. The fourth-order valence-corrected chi connectivity index (χ4v) is 5.31. The highest BCUT2D eigenvalue weighted by Gasteiger charge is 2.46. The van der Waals surface area contributed by atoms with Crippen molar-refractivity contribution in [3.8, 4) is 5.75 Å². The molecule has 0 atom stereocenters. The summed E-state index contributed by atoms with van der Waals surface area (Å²) in [4.78, 5) is 52.2. The molecule has 0 radical (unpaired) electrons. The maximum atomic E-state index is 13.2. The first-order valence-corrected chi connectivity index (χ1v) is 15.4. The van der Waals surface area contributed by atoms with Crippen LogP contribution in [-0.4, -0.2) is 72.5 Å². The fourth-order valence-electron chi connectivity index (χ4n) is 5.31. The number of aryl methyl sites for hydroxylation is 1. The van der Waals surface area contributed by atoms with Crippen molar-refractivity contribution in [3.63, 3.8) is 0 Å². The number of carbonyl (C=O) groups is 3. The zero-order valence-electron chi connectivity index (χ0n) is 26.4. The zero-order valence-corrected chi connectivity index (χ0v) is 26.4. The van der Waals surface area contributed by atoms with Gasteiger partial charge in [-0.25, -0.2) is 4.98 Å². The maximum absolute atomic E-state index is 13.2. The summed E-state index contributed by atoms with van der Waals surface area (Å²) in [5, 5.41) is 5.87. The number of rotatable bonds is 7. The lowest BCUT2D eigenvalue weighted by Crippen LogP contribution is -2.59. The van der Waals surface area contributed by atoms with Gasteiger partial charge < -0.3 is 29.8 Å². The van der Waals surface area contributed by atoms with Crippen molar-refractivity contribution in [2.24, 2.45) is 0 Å². The summed E-state index contributed by atoms with van der Waals surface area (Å²) in [5.74, 6) is 0.626. The van der Waals surface area contributed by atoms with Crippen LogP contribution >= 0.6 is 0 Å². The van der Waals surface area contributed by atoms with Gasteiger partial charge in [-0.3, -0.25) is 9.59 Å². The Bertz CT molecular complexity index is 1520. The van der Waals surface area contributed by atoms with Gasteiger partial charge in [0.15, 0.2) is 5.75 Å². The highest BCUT2D eigenvalue weighted by atomic mass is 16.8. The van der Waals surface area contributed by atoms with E-state index >= 15 is 0 Å². The van der Waals surface area contributed by atoms with Crippen LogP contribution < -0.4 is 20.4 Å². The topological polar surface area (TPSA) is 119 Å². The Morgan fingerprint density at radius 3 is 2.24 bits per heavy atom. The molecule has 1 aromatic heterocycles. The van der Waals surface area contributed by atoms with E-state index in [-0.39, 0.29) is 16.5 Å². The minimum absolute atomic E-state index is 0.228. The van der Waals surface area contributed by atoms with E-state index in [1.54, 1.807) is 54.7 Å². The second-order valence-corrected chi connectivity index (χ2v) is 12.4. The first-order valence-electron chi connectivity index (χ1n) is 15.4. The summed E-state index contributed by atoms with van der Waals surface area (Å²) in [6.45, 7) is 11.2. The average Bonchev–Trinajstić information content (AvgIpc) is 3.03. The van der Waals surface area contributed by atoms with Gasteiger partial charge in [0, 0.05) is 54.6 Å². The summed E-state index contributed by atoms with van der Waals surface area (Å²) in [5.41, 5.74) is 2.24. The fraction of sp³-hybridized carbons (Fsp3) is 0.412. The molecule has 2 aromatic carbocycles. The molecular formula is C34H42N5O6+. The lowest BCUT2D eigenvalue weighted by molar-refractivity contribution is -1.02. The number of ether oxygens (including phenoxy) is 2. The second kappa shape index (κ2) is 13.7. The van der Waals surface area contributed by atoms with Gasteiger partial charge in [-0.2, -0.15) is 4.79 Å². The number of morpholine rings is 1. The molecule has 0 unspecified atom stereocenters. The third kappa shape index (κ3) is 8.17. The van der Waals surface area contributed by atoms with E-state index < -0.39 is 11.7 Å². The molecule has 0 bridgehead atoms. The van der Waals surface area contributed by atoms with Crippen LogP contribution in [0.4, 0.5) is 22.0 Å². The number of carbonyl (C=O) groups excluding carboxylic acids is 3. The van der Waals surface area contributed by atoms with Crippen molar-refractivity contribution in [3.05, 3.63) is 77.5 Å². The molecule has 2 N–H and O–H groups in total. The van der Waals surface area contributed by atoms with Gasteiger partial charge in [-0.15, -0.1) is 0 Å². The minimum atomic E-state index is -0.630. The van der Waals surface area contributed by atoms with E-state index in [0.717, 1.165) is 43.7 Å². The lowest BCUT2D eigenvalue weighted by atomic mass is 10.1. The Balaban J connectivity index is 1.24. The van der Waals surface area contributed by atoms with Crippen LogP contribution in [0.1, 0.15) is 66.3 Å². The van der Waals surface area contributed by atoms with Crippen LogP contribution in [-0.2, 0) is 9.47 Å². The molecule has 3 amide bonds. The predicted molar refractivity (Wildman–Crippen MR) is 172 cm³/mol. The maximum Gasteiger partial charge on any atom is 0.559 e. The molecule has 3 aromatic rings. The minimum Gasteiger partial charge on any atom is -0.411 e. The van der Waals surface area contributed by atoms with E-state index in [0.29, 0.717) is 54.6 Å². The quantitative estimate of drug-likeness (QED) is 0.312. The van der Waals surface area contributed by atoms with Crippen molar-refractivity contribution >= 4 is 35.1 Å². The van der Waals surface area contributed by atoms with E-state index in [1.165, 1.54) is 0 Å². The Hall–Kier alpha value is -4.48. The molecule has 5 rings (SSSR count). The van der Waals surface area contributed by atoms with Gasteiger partial charge in [-0.1, -0.05) is 6.07 Å². The number of hydrogen-bond acceptors (Lipinski definition) is 8. The number of aromatic nitrogens is 1. The largest absolute Gasteiger partial charge is 0.559 e. The predicted octanol–water partition coefficient (Wildman–Crippen LogP) is 5.96. The van der Waals surface area contributed by atoms with E-state index in [9.17, 15) is 14.4 Å². The summed E-state index contributed by atoms with van der Waals surface area (Å²) in [6, 6.07) is 15.5. The molecule has 11 heteroatoms. The standard InChI is InChI=1S/C34H41N5O6/c1-24-8-11-27(36-32(41)26-14-15-35-30(22-26)38-16-20-43-21-17-38)23-29(24)37-31(40)25-9-12-28(13-10-25)45-39(18-6-5-7-19-39)33(42)44-34(2,3)4/h8-15,22-23H,5-7,16-21H2,1-4H3,(H-,36,37,40,41)/p+1. The van der Waals surface area contributed by atoms with Crippen LogP contribution in [0.25, 0.3) is 0 Å². The monoisotopic (exact) mass is 616 g/mol. The number of nitrogens with one attached hydrogen (secondary N) is 2. The Labute approximate surface area is 264 Å². The Morgan fingerprint density at radius 1 is 0.867 bits per heavy atom. The third-order valence-corrected chi connectivity index (χ3v) is 7.75. The number of benzene rings is 2. The number of amides is 3. The number of hydroxylamine groups is 3. The van der Waals surface area contributed by atoms with Crippen LogP contribution in [0, 0.1) is 6.92 Å². The molecule has 2 saturated heterocycles. The number of pyridine rings is 1. The number of likely N-dealkylation sites (tertiary alicyclic amines) is 1. The zero-order chi connectivity index (χ0) is 32.0. The summed E-state index contributed by atoms with van der Waals surface area (Å²) >= 11 is 0. The molecule has 2 aliphatic heterocycles. The summed E-state index contributed by atoms with van der Waals surface area (Å²) in [7, 11) is 0. The van der Waals surface area contributed by atoms with Gasteiger partial charge >= 0.3 is 6.09 Å². The first kappa shape index (κ1) is 31.9. The summed E-state index contributed by atoms with van der Waals surface area (Å²) in [6.07, 6.45) is 3.97. The molecule has 45 heavy (non-hydrogen) atoms. The summed E-state index contributed by atoms with van der Waals surface area (Å²) < 4.78 is 10.9. The SMILES string of the molecule is Cc1ccc(NC(=O)c2ccnc(N3CCOCC3)c2)cc1NC(=O)c1ccc(O[N+]2(C(=O)OC(C)(C)C)CCCCC2)cc1. The van der Waals surface area contributed by atoms with Gasteiger partial charge in [-0.05, 0) is 92.9 Å². The number of anilines is 3. The first-order chi connectivity index (χ1) is 21.5. The normalized spacial score (nSPS) is 16.4.